The zero-order chi connectivity index (χ0) is 12.0. The van der Waals surface area contributed by atoms with Gasteiger partial charge in [0.15, 0.2) is 5.13 Å². The highest BCUT2D eigenvalue weighted by Crippen LogP contribution is 2.40. The van der Waals surface area contributed by atoms with Crippen LogP contribution in [0.25, 0.3) is 0 Å². The fourth-order valence-electron chi connectivity index (χ4n) is 2.29. The molecule has 1 heterocycles. The molecule has 0 radical (unpaired) electrons. The number of aryl methyl sites for hydroxylation is 1. The maximum Gasteiger partial charge on any atom is 0.186 e. The van der Waals surface area contributed by atoms with E-state index in [9.17, 15) is 0 Å². The molecule has 2 aliphatic rings. The van der Waals surface area contributed by atoms with Gasteiger partial charge in [0.05, 0.1) is 5.69 Å². The first-order valence-electron chi connectivity index (χ1n) is 6.64. The van der Waals surface area contributed by atoms with Gasteiger partial charge >= 0.3 is 0 Å². The molecule has 17 heavy (non-hydrogen) atoms. The van der Waals surface area contributed by atoms with Crippen molar-refractivity contribution in [2.45, 2.75) is 51.6 Å². The number of nitrogens with two attached hydrogens (primary N) is 1. The van der Waals surface area contributed by atoms with Gasteiger partial charge in [-0.05, 0) is 45.4 Å². The van der Waals surface area contributed by atoms with E-state index in [0.717, 1.165) is 17.7 Å². The number of anilines is 1. The molecule has 2 aliphatic carbocycles. The van der Waals surface area contributed by atoms with Crippen LogP contribution in [0.5, 0.6) is 0 Å². The number of rotatable bonds is 5. The van der Waals surface area contributed by atoms with Crippen molar-refractivity contribution in [1.82, 2.24) is 4.98 Å². The van der Waals surface area contributed by atoms with E-state index in [1.165, 1.54) is 42.2 Å². The molecule has 0 amide bonds. The topological polar surface area (TPSA) is 42.2 Å². The summed E-state index contributed by atoms with van der Waals surface area (Å²) in [6, 6.07) is 0.880. The fourth-order valence-corrected chi connectivity index (χ4v) is 3.39. The van der Waals surface area contributed by atoms with Crippen molar-refractivity contribution in [2.75, 3.05) is 11.4 Å². The maximum absolute atomic E-state index is 5.99. The van der Waals surface area contributed by atoms with Crippen molar-refractivity contribution in [3.05, 3.63) is 10.6 Å². The van der Waals surface area contributed by atoms with E-state index in [1.54, 1.807) is 11.3 Å². The normalized spacial score (nSPS) is 21.6. The fraction of sp³-hybridized carbons (Fsp3) is 0.769. The lowest BCUT2D eigenvalue weighted by Gasteiger charge is -2.21. The van der Waals surface area contributed by atoms with Crippen molar-refractivity contribution < 1.29 is 0 Å². The second-order valence-electron chi connectivity index (χ2n) is 5.56. The Kier molecular flexibility index (Phi) is 2.87. The molecule has 2 N–H and O–H groups in total. The SMILES string of the molecule is Cc1nc(N(CC2CC2)C2CC2)sc1C(C)N. The lowest BCUT2D eigenvalue weighted by atomic mass is 10.2. The molecular weight excluding hydrogens is 230 g/mol. The van der Waals surface area contributed by atoms with Crippen LogP contribution >= 0.6 is 11.3 Å². The number of nitrogens with zero attached hydrogens (tertiary/aromatic N) is 2. The molecule has 0 aromatic carbocycles. The van der Waals surface area contributed by atoms with Crippen LogP contribution in [0.3, 0.4) is 0 Å². The Labute approximate surface area is 107 Å². The molecule has 2 fully saturated rings. The Hall–Kier alpha value is -0.610. The van der Waals surface area contributed by atoms with Crippen molar-refractivity contribution in [2.24, 2.45) is 11.7 Å². The predicted octanol–water partition coefficient (Wildman–Crippen LogP) is 2.85. The smallest absolute Gasteiger partial charge is 0.186 e. The Balaban J connectivity index is 1.81. The zero-order valence-corrected chi connectivity index (χ0v) is 11.5. The molecule has 3 nitrogen and oxygen atoms in total. The monoisotopic (exact) mass is 251 g/mol. The molecule has 0 saturated heterocycles. The second-order valence-corrected chi connectivity index (χ2v) is 6.57. The highest BCUT2D eigenvalue weighted by atomic mass is 32.1. The standard InChI is InChI=1S/C13H21N3S/c1-8(14)12-9(2)15-13(17-12)16(11-5-6-11)7-10-3-4-10/h8,10-11H,3-7,14H2,1-2H3. The maximum atomic E-state index is 5.99. The minimum absolute atomic E-state index is 0.114. The molecule has 1 atom stereocenters. The molecule has 2 saturated carbocycles. The van der Waals surface area contributed by atoms with Crippen LogP contribution < -0.4 is 10.6 Å². The summed E-state index contributed by atoms with van der Waals surface area (Å²) >= 11 is 1.80. The minimum atomic E-state index is 0.114. The molecule has 1 unspecified atom stereocenters. The van der Waals surface area contributed by atoms with Gasteiger partial charge in [-0.15, -0.1) is 11.3 Å². The van der Waals surface area contributed by atoms with Crippen LogP contribution in [0.15, 0.2) is 0 Å². The first kappa shape index (κ1) is 11.5. The van der Waals surface area contributed by atoms with Gasteiger partial charge in [-0.2, -0.15) is 0 Å². The van der Waals surface area contributed by atoms with Crippen molar-refractivity contribution in [3.63, 3.8) is 0 Å². The average Bonchev–Trinajstić information content (AvgIpc) is 3.14. The summed E-state index contributed by atoms with van der Waals surface area (Å²) in [5.74, 6) is 0.929. The van der Waals surface area contributed by atoms with E-state index in [1.807, 2.05) is 6.92 Å². The largest absolute Gasteiger partial charge is 0.345 e. The quantitative estimate of drug-likeness (QED) is 0.875. The van der Waals surface area contributed by atoms with Crippen molar-refractivity contribution in [3.8, 4) is 0 Å². The zero-order valence-electron chi connectivity index (χ0n) is 10.6. The summed E-state index contributed by atoms with van der Waals surface area (Å²) < 4.78 is 0. The van der Waals surface area contributed by atoms with E-state index in [4.69, 9.17) is 10.7 Å². The van der Waals surface area contributed by atoms with Gasteiger partial charge in [-0.1, -0.05) is 0 Å². The minimum Gasteiger partial charge on any atom is -0.345 e. The summed E-state index contributed by atoms with van der Waals surface area (Å²) in [6.45, 7) is 5.35. The molecule has 3 rings (SSSR count). The first-order valence-corrected chi connectivity index (χ1v) is 7.46. The third kappa shape index (κ3) is 2.47. The van der Waals surface area contributed by atoms with Crippen LogP contribution in [-0.4, -0.2) is 17.6 Å². The molecule has 4 heteroatoms. The van der Waals surface area contributed by atoms with Crippen LogP contribution in [0.2, 0.25) is 0 Å². The highest BCUT2D eigenvalue weighted by molar-refractivity contribution is 7.15. The molecule has 0 bridgehead atoms. The predicted molar refractivity (Wildman–Crippen MR) is 72.5 cm³/mol. The molecular formula is C13H21N3S. The number of thiazole rings is 1. The lowest BCUT2D eigenvalue weighted by Crippen LogP contribution is -2.27. The van der Waals surface area contributed by atoms with E-state index in [0.29, 0.717) is 0 Å². The molecule has 0 aliphatic heterocycles. The van der Waals surface area contributed by atoms with Gasteiger partial charge in [-0.25, -0.2) is 4.98 Å². The molecule has 94 valence electrons. The van der Waals surface area contributed by atoms with E-state index < -0.39 is 0 Å². The first-order chi connectivity index (χ1) is 8.15. The van der Waals surface area contributed by atoms with E-state index >= 15 is 0 Å². The Morgan fingerprint density at radius 1 is 1.41 bits per heavy atom. The summed E-state index contributed by atoms with van der Waals surface area (Å²) in [7, 11) is 0. The number of hydrogen-bond acceptors (Lipinski definition) is 4. The third-order valence-electron chi connectivity index (χ3n) is 3.62. The van der Waals surface area contributed by atoms with Gasteiger partial charge in [0, 0.05) is 23.5 Å². The van der Waals surface area contributed by atoms with Gasteiger partial charge in [0.25, 0.3) is 0 Å². The van der Waals surface area contributed by atoms with E-state index in [2.05, 4.69) is 11.8 Å². The van der Waals surface area contributed by atoms with Crippen molar-refractivity contribution in [1.29, 1.82) is 0 Å². The molecule has 0 spiro atoms. The Bertz CT molecular complexity index is 405. The number of hydrogen-bond donors (Lipinski definition) is 1. The summed E-state index contributed by atoms with van der Waals surface area (Å²) in [4.78, 5) is 8.53. The summed E-state index contributed by atoms with van der Waals surface area (Å²) in [6.07, 6.45) is 5.51. The number of aromatic nitrogens is 1. The Morgan fingerprint density at radius 2 is 2.12 bits per heavy atom. The van der Waals surface area contributed by atoms with Crippen LogP contribution in [0.4, 0.5) is 5.13 Å². The summed E-state index contributed by atoms with van der Waals surface area (Å²) in [5, 5.41) is 1.21. The summed E-state index contributed by atoms with van der Waals surface area (Å²) in [5.41, 5.74) is 7.11. The highest BCUT2D eigenvalue weighted by Gasteiger charge is 2.35. The molecule has 1 aromatic rings. The molecule has 1 aromatic heterocycles. The second kappa shape index (κ2) is 4.25. The van der Waals surface area contributed by atoms with Gasteiger partial charge in [0.1, 0.15) is 0 Å². The third-order valence-corrected chi connectivity index (χ3v) is 5.02. The van der Waals surface area contributed by atoms with Gasteiger partial charge < -0.3 is 10.6 Å². The van der Waals surface area contributed by atoms with Crippen LogP contribution in [0, 0.1) is 12.8 Å². The lowest BCUT2D eigenvalue weighted by molar-refractivity contribution is 0.715. The van der Waals surface area contributed by atoms with Crippen LogP contribution in [0.1, 0.15) is 49.2 Å². The Morgan fingerprint density at radius 3 is 2.59 bits per heavy atom. The van der Waals surface area contributed by atoms with E-state index in [-0.39, 0.29) is 6.04 Å². The average molecular weight is 251 g/mol. The van der Waals surface area contributed by atoms with Crippen LogP contribution in [-0.2, 0) is 0 Å². The van der Waals surface area contributed by atoms with Gasteiger partial charge in [-0.3, -0.25) is 0 Å². The van der Waals surface area contributed by atoms with Gasteiger partial charge in [0.2, 0.25) is 0 Å². The van der Waals surface area contributed by atoms with Crippen molar-refractivity contribution >= 4 is 16.5 Å².